The second-order valence-corrected chi connectivity index (χ2v) is 6.78. The Balaban J connectivity index is 1.77. The molecule has 25 heavy (non-hydrogen) atoms. The number of carbonyl (C=O) groups is 1. The molecule has 1 aromatic rings. The summed E-state index contributed by atoms with van der Waals surface area (Å²) in [6, 6.07) is 10.2. The highest BCUT2D eigenvalue weighted by molar-refractivity contribution is 6.38. The molecule has 1 saturated carbocycles. The zero-order valence-corrected chi connectivity index (χ0v) is 14.7. The summed E-state index contributed by atoms with van der Waals surface area (Å²) in [5.74, 6) is -0.185. The van der Waals surface area contributed by atoms with Crippen molar-refractivity contribution in [1.29, 1.82) is 0 Å². The fourth-order valence-electron chi connectivity index (χ4n) is 4.55. The molecule has 6 heteroatoms. The van der Waals surface area contributed by atoms with Crippen molar-refractivity contribution in [3.8, 4) is 0 Å². The van der Waals surface area contributed by atoms with Crippen LogP contribution in [0.15, 0.2) is 35.4 Å². The Kier molecular flexibility index (Phi) is 4.48. The van der Waals surface area contributed by atoms with Crippen LogP contribution in [0.4, 0.5) is 5.69 Å². The first-order chi connectivity index (χ1) is 12.3. The Morgan fingerprint density at radius 3 is 2.80 bits per heavy atom. The maximum absolute atomic E-state index is 12.6. The first-order valence-electron chi connectivity index (χ1n) is 9.21. The van der Waals surface area contributed by atoms with Crippen molar-refractivity contribution in [2.45, 2.75) is 31.8 Å². The molecule has 2 aliphatic heterocycles. The van der Waals surface area contributed by atoms with Crippen molar-refractivity contribution in [2.24, 2.45) is 11.0 Å². The lowest BCUT2D eigenvalue weighted by Crippen LogP contribution is -2.62. The van der Waals surface area contributed by atoms with Gasteiger partial charge >= 0.3 is 5.97 Å². The Bertz CT molecular complexity index is 657. The summed E-state index contributed by atoms with van der Waals surface area (Å²) >= 11 is 0. The number of carbonyl (C=O) groups excluding carboxylic acids is 1. The van der Waals surface area contributed by atoms with Gasteiger partial charge in [-0.15, -0.1) is 0 Å². The van der Waals surface area contributed by atoms with E-state index < -0.39 is 0 Å². The maximum Gasteiger partial charge on any atom is 0.354 e. The minimum atomic E-state index is -0.273. The van der Waals surface area contributed by atoms with E-state index in [2.05, 4.69) is 22.0 Å². The number of nitrogens with zero attached hydrogens (tertiary/aromatic N) is 3. The van der Waals surface area contributed by atoms with Crippen molar-refractivity contribution in [3.63, 3.8) is 0 Å². The number of fused-ring (bicyclic) bond motifs is 1. The third kappa shape index (κ3) is 2.64. The molecule has 1 aromatic carbocycles. The number of hydrogen-bond donors (Lipinski definition) is 0. The number of esters is 1. The molecule has 3 aliphatic rings. The van der Waals surface area contributed by atoms with Gasteiger partial charge in [0.1, 0.15) is 5.66 Å². The Labute approximate surface area is 148 Å². The fraction of sp³-hybridized carbons (Fsp3) is 0.579. The van der Waals surface area contributed by atoms with E-state index in [1.165, 1.54) is 0 Å². The summed E-state index contributed by atoms with van der Waals surface area (Å²) in [6.45, 7) is 5.40. The largest absolute Gasteiger partial charge is 0.461 e. The lowest BCUT2D eigenvalue weighted by atomic mass is 9.89. The van der Waals surface area contributed by atoms with Gasteiger partial charge in [0.15, 0.2) is 5.71 Å². The average molecular weight is 343 g/mol. The van der Waals surface area contributed by atoms with Gasteiger partial charge in [-0.3, -0.25) is 4.90 Å². The lowest BCUT2D eigenvalue weighted by molar-refractivity contribution is -0.135. The van der Waals surface area contributed by atoms with Crippen molar-refractivity contribution in [1.82, 2.24) is 4.90 Å². The molecule has 4 rings (SSSR count). The third-order valence-electron chi connectivity index (χ3n) is 5.54. The van der Waals surface area contributed by atoms with E-state index in [1.54, 1.807) is 0 Å². The first-order valence-corrected chi connectivity index (χ1v) is 9.21. The number of para-hydroxylation sites is 1. The predicted molar refractivity (Wildman–Crippen MR) is 95.5 cm³/mol. The maximum atomic E-state index is 12.6. The smallest absolute Gasteiger partial charge is 0.354 e. The fourth-order valence-corrected chi connectivity index (χ4v) is 4.55. The Morgan fingerprint density at radius 1 is 1.32 bits per heavy atom. The molecule has 2 fully saturated rings. The van der Waals surface area contributed by atoms with Crippen molar-refractivity contribution < 1.29 is 14.3 Å². The minimum Gasteiger partial charge on any atom is -0.461 e. The van der Waals surface area contributed by atoms with E-state index in [-0.39, 0.29) is 17.6 Å². The van der Waals surface area contributed by atoms with Gasteiger partial charge in [0, 0.05) is 19.0 Å². The molecular weight excluding hydrogens is 318 g/mol. The van der Waals surface area contributed by atoms with Crippen molar-refractivity contribution >= 4 is 17.4 Å². The number of hydrogen-bond acceptors (Lipinski definition) is 6. The number of hydrazone groups is 1. The van der Waals surface area contributed by atoms with Gasteiger partial charge in [0.2, 0.25) is 0 Å². The molecule has 2 heterocycles. The highest BCUT2D eigenvalue weighted by Gasteiger charge is 2.59. The van der Waals surface area contributed by atoms with Gasteiger partial charge in [-0.2, -0.15) is 5.10 Å². The predicted octanol–water partition coefficient (Wildman–Crippen LogP) is 2.25. The van der Waals surface area contributed by atoms with Gasteiger partial charge in [-0.05, 0) is 38.3 Å². The molecule has 2 atom stereocenters. The summed E-state index contributed by atoms with van der Waals surface area (Å²) in [5.41, 5.74) is 1.34. The van der Waals surface area contributed by atoms with Crippen LogP contribution in [0, 0.1) is 5.92 Å². The van der Waals surface area contributed by atoms with E-state index in [1.807, 2.05) is 25.1 Å². The van der Waals surface area contributed by atoms with E-state index in [0.29, 0.717) is 12.3 Å². The third-order valence-corrected chi connectivity index (χ3v) is 5.54. The van der Waals surface area contributed by atoms with Gasteiger partial charge < -0.3 is 9.47 Å². The van der Waals surface area contributed by atoms with Crippen LogP contribution in [-0.2, 0) is 14.3 Å². The molecule has 0 bridgehead atoms. The number of morpholine rings is 1. The molecular formula is C19H25N3O3. The molecule has 6 nitrogen and oxygen atoms in total. The summed E-state index contributed by atoms with van der Waals surface area (Å²) in [5, 5.41) is 6.89. The van der Waals surface area contributed by atoms with Gasteiger partial charge in [0.05, 0.1) is 25.5 Å². The molecule has 0 amide bonds. The lowest BCUT2D eigenvalue weighted by Gasteiger charge is -2.48. The Hall–Kier alpha value is -1.92. The molecule has 0 aromatic heterocycles. The molecule has 0 N–H and O–H groups in total. The van der Waals surface area contributed by atoms with Crippen LogP contribution >= 0.6 is 0 Å². The molecule has 0 radical (unpaired) electrons. The van der Waals surface area contributed by atoms with Crippen LogP contribution in [0.3, 0.4) is 0 Å². The van der Waals surface area contributed by atoms with Crippen LogP contribution in [-0.4, -0.2) is 55.2 Å². The molecule has 1 aliphatic carbocycles. The normalized spacial score (nSPS) is 29.4. The minimum absolute atomic E-state index is 0.0878. The van der Waals surface area contributed by atoms with Crippen LogP contribution in [0.25, 0.3) is 0 Å². The van der Waals surface area contributed by atoms with Crippen LogP contribution in [0.1, 0.15) is 26.2 Å². The van der Waals surface area contributed by atoms with Crippen LogP contribution < -0.4 is 5.01 Å². The zero-order chi connectivity index (χ0) is 17.3. The SMILES string of the molecule is CCOC(=O)C1=NN(c2ccccc2)C2(N3CCOCC3)CCCC12. The summed E-state index contributed by atoms with van der Waals surface area (Å²) in [6.07, 6.45) is 3.06. The molecule has 1 saturated heterocycles. The average Bonchev–Trinajstić information content (AvgIpc) is 3.22. The molecule has 0 spiro atoms. The van der Waals surface area contributed by atoms with E-state index in [4.69, 9.17) is 14.6 Å². The highest BCUT2D eigenvalue weighted by atomic mass is 16.5. The molecule has 2 unspecified atom stereocenters. The number of ether oxygens (including phenoxy) is 2. The monoisotopic (exact) mass is 343 g/mol. The molecule has 134 valence electrons. The number of rotatable bonds is 4. The van der Waals surface area contributed by atoms with Crippen molar-refractivity contribution in [2.75, 3.05) is 37.9 Å². The highest BCUT2D eigenvalue weighted by Crippen LogP contribution is 2.50. The number of benzene rings is 1. The van der Waals surface area contributed by atoms with E-state index in [9.17, 15) is 4.79 Å². The topological polar surface area (TPSA) is 54.4 Å². The van der Waals surface area contributed by atoms with Crippen LogP contribution in [0.2, 0.25) is 0 Å². The van der Waals surface area contributed by atoms with Gasteiger partial charge in [-0.25, -0.2) is 9.80 Å². The van der Waals surface area contributed by atoms with E-state index in [0.717, 1.165) is 51.3 Å². The van der Waals surface area contributed by atoms with Crippen LogP contribution in [0.5, 0.6) is 0 Å². The first kappa shape index (κ1) is 16.5. The summed E-state index contributed by atoms with van der Waals surface area (Å²) < 4.78 is 10.9. The van der Waals surface area contributed by atoms with Gasteiger partial charge in [-0.1, -0.05) is 18.2 Å². The quantitative estimate of drug-likeness (QED) is 0.785. The Morgan fingerprint density at radius 2 is 2.08 bits per heavy atom. The summed E-state index contributed by atoms with van der Waals surface area (Å²) in [4.78, 5) is 15.0. The standard InChI is InChI=1S/C19H25N3O3/c1-2-25-18(23)17-16-9-6-10-19(16,21-11-13-24-14-12-21)22(20-17)15-7-4-3-5-8-15/h3-5,7-8,16H,2,6,9-14H2,1H3. The second-order valence-electron chi connectivity index (χ2n) is 6.78. The van der Waals surface area contributed by atoms with Gasteiger partial charge in [0.25, 0.3) is 0 Å². The van der Waals surface area contributed by atoms with E-state index >= 15 is 0 Å². The van der Waals surface area contributed by atoms with Crippen molar-refractivity contribution in [3.05, 3.63) is 30.3 Å². The summed E-state index contributed by atoms with van der Waals surface area (Å²) in [7, 11) is 0. The zero-order valence-electron chi connectivity index (χ0n) is 14.7. The second kappa shape index (κ2) is 6.77. The number of anilines is 1.